The Bertz CT molecular complexity index is 639. The standard InChI is InChI=1S/C18H20FNO/c1-12(20)18(16-7-2-3-8-17(16)19)21-15-10-9-13-5-4-6-14(13)11-15/h2-3,7-12,18H,4-6,20H2,1H3. The molecule has 2 aromatic carbocycles. The number of rotatable bonds is 4. The molecule has 2 nitrogen and oxygen atoms in total. The zero-order valence-corrected chi connectivity index (χ0v) is 12.2. The monoisotopic (exact) mass is 285 g/mol. The molecule has 0 heterocycles. The Balaban J connectivity index is 1.88. The molecule has 0 radical (unpaired) electrons. The molecule has 1 aliphatic carbocycles. The summed E-state index contributed by atoms with van der Waals surface area (Å²) in [4.78, 5) is 0. The highest BCUT2D eigenvalue weighted by Crippen LogP contribution is 2.30. The van der Waals surface area contributed by atoms with Crippen molar-refractivity contribution >= 4 is 0 Å². The molecular formula is C18H20FNO. The van der Waals surface area contributed by atoms with Gasteiger partial charge in [-0.1, -0.05) is 24.3 Å². The first-order chi connectivity index (χ1) is 10.1. The average molecular weight is 285 g/mol. The third-order valence-corrected chi connectivity index (χ3v) is 4.02. The Morgan fingerprint density at radius 1 is 1.10 bits per heavy atom. The van der Waals surface area contributed by atoms with E-state index in [0.29, 0.717) is 5.56 Å². The fraction of sp³-hybridized carbons (Fsp3) is 0.333. The fourth-order valence-electron chi connectivity index (χ4n) is 2.93. The predicted molar refractivity (Wildman–Crippen MR) is 81.9 cm³/mol. The predicted octanol–water partition coefficient (Wildman–Crippen LogP) is 3.78. The van der Waals surface area contributed by atoms with Crippen molar-refractivity contribution in [2.24, 2.45) is 5.73 Å². The van der Waals surface area contributed by atoms with E-state index in [9.17, 15) is 4.39 Å². The van der Waals surface area contributed by atoms with Gasteiger partial charge in [0.2, 0.25) is 0 Å². The van der Waals surface area contributed by atoms with Crippen LogP contribution in [0.2, 0.25) is 0 Å². The summed E-state index contributed by atoms with van der Waals surface area (Å²) in [6.07, 6.45) is 2.95. The minimum Gasteiger partial charge on any atom is -0.484 e. The van der Waals surface area contributed by atoms with E-state index in [0.717, 1.165) is 18.6 Å². The summed E-state index contributed by atoms with van der Waals surface area (Å²) < 4.78 is 20.0. The number of nitrogens with two attached hydrogens (primary N) is 1. The Morgan fingerprint density at radius 3 is 2.62 bits per heavy atom. The van der Waals surface area contributed by atoms with Crippen LogP contribution in [0.3, 0.4) is 0 Å². The van der Waals surface area contributed by atoms with Crippen LogP contribution in [0.1, 0.15) is 36.1 Å². The topological polar surface area (TPSA) is 35.2 Å². The summed E-state index contributed by atoms with van der Waals surface area (Å²) in [7, 11) is 0. The van der Waals surface area contributed by atoms with E-state index in [2.05, 4.69) is 12.1 Å². The minimum atomic E-state index is -0.481. The molecular weight excluding hydrogens is 265 g/mol. The molecule has 0 bridgehead atoms. The molecule has 1 aliphatic rings. The number of aryl methyl sites for hydroxylation is 2. The summed E-state index contributed by atoms with van der Waals surface area (Å²) in [6.45, 7) is 1.84. The molecule has 3 rings (SSSR count). The zero-order valence-electron chi connectivity index (χ0n) is 12.2. The Morgan fingerprint density at radius 2 is 1.86 bits per heavy atom. The summed E-state index contributed by atoms with van der Waals surface area (Å²) >= 11 is 0. The van der Waals surface area contributed by atoms with Crippen LogP contribution < -0.4 is 10.5 Å². The van der Waals surface area contributed by atoms with Crippen molar-refractivity contribution < 1.29 is 9.13 Å². The third kappa shape index (κ3) is 2.93. The van der Waals surface area contributed by atoms with Gasteiger partial charge in [-0.15, -0.1) is 0 Å². The summed E-state index contributed by atoms with van der Waals surface area (Å²) in [5, 5.41) is 0. The lowest BCUT2D eigenvalue weighted by Gasteiger charge is -2.23. The van der Waals surface area contributed by atoms with E-state index in [4.69, 9.17) is 10.5 Å². The van der Waals surface area contributed by atoms with Crippen molar-refractivity contribution in [2.45, 2.75) is 38.3 Å². The molecule has 2 N–H and O–H groups in total. The largest absolute Gasteiger partial charge is 0.484 e. The van der Waals surface area contributed by atoms with Crippen molar-refractivity contribution in [3.8, 4) is 5.75 Å². The van der Waals surface area contributed by atoms with Crippen LogP contribution in [0.25, 0.3) is 0 Å². The highest BCUT2D eigenvalue weighted by Gasteiger charge is 2.22. The summed E-state index contributed by atoms with van der Waals surface area (Å²) in [5.41, 5.74) is 9.25. The van der Waals surface area contributed by atoms with Crippen LogP contribution >= 0.6 is 0 Å². The SMILES string of the molecule is CC(N)C(Oc1ccc2c(c1)CCC2)c1ccccc1F. The lowest BCUT2D eigenvalue weighted by molar-refractivity contribution is 0.175. The van der Waals surface area contributed by atoms with Gasteiger partial charge in [-0.25, -0.2) is 4.39 Å². The third-order valence-electron chi connectivity index (χ3n) is 4.02. The Hall–Kier alpha value is -1.87. The van der Waals surface area contributed by atoms with Gasteiger partial charge in [0.25, 0.3) is 0 Å². The molecule has 3 heteroatoms. The van der Waals surface area contributed by atoms with E-state index in [1.807, 2.05) is 13.0 Å². The molecule has 2 unspecified atom stereocenters. The molecule has 0 fully saturated rings. The Kier molecular flexibility index (Phi) is 3.93. The van der Waals surface area contributed by atoms with E-state index in [-0.39, 0.29) is 11.9 Å². The van der Waals surface area contributed by atoms with Crippen molar-refractivity contribution in [3.63, 3.8) is 0 Å². The highest BCUT2D eigenvalue weighted by molar-refractivity contribution is 5.39. The van der Waals surface area contributed by atoms with Crippen LogP contribution in [-0.2, 0) is 12.8 Å². The van der Waals surface area contributed by atoms with E-state index in [1.54, 1.807) is 18.2 Å². The summed E-state index contributed by atoms with van der Waals surface area (Å²) in [6, 6.07) is 12.5. The van der Waals surface area contributed by atoms with E-state index >= 15 is 0 Å². The van der Waals surface area contributed by atoms with Crippen LogP contribution in [0, 0.1) is 5.82 Å². The number of hydrogen-bond donors (Lipinski definition) is 1. The van der Waals surface area contributed by atoms with Crippen LogP contribution in [0.15, 0.2) is 42.5 Å². The molecule has 0 amide bonds. The van der Waals surface area contributed by atoms with Gasteiger partial charge < -0.3 is 10.5 Å². The molecule has 21 heavy (non-hydrogen) atoms. The van der Waals surface area contributed by atoms with Crippen LogP contribution in [0.4, 0.5) is 4.39 Å². The van der Waals surface area contributed by atoms with Crippen molar-refractivity contribution in [1.29, 1.82) is 0 Å². The van der Waals surface area contributed by atoms with Crippen LogP contribution in [0.5, 0.6) is 5.75 Å². The van der Waals surface area contributed by atoms with E-state index in [1.165, 1.54) is 23.6 Å². The second kappa shape index (κ2) is 5.86. The molecule has 2 aromatic rings. The quantitative estimate of drug-likeness (QED) is 0.927. The van der Waals surface area contributed by atoms with Gasteiger partial charge in [0.15, 0.2) is 0 Å². The maximum absolute atomic E-state index is 14.0. The van der Waals surface area contributed by atoms with Crippen molar-refractivity contribution in [1.82, 2.24) is 0 Å². The number of fused-ring (bicyclic) bond motifs is 1. The zero-order chi connectivity index (χ0) is 14.8. The van der Waals surface area contributed by atoms with Gasteiger partial charge in [-0.3, -0.25) is 0 Å². The van der Waals surface area contributed by atoms with Gasteiger partial charge >= 0.3 is 0 Å². The molecule has 110 valence electrons. The second-order valence-corrected chi connectivity index (χ2v) is 5.70. The van der Waals surface area contributed by atoms with Gasteiger partial charge in [0, 0.05) is 11.6 Å². The first kappa shape index (κ1) is 14.1. The maximum Gasteiger partial charge on any atom is 0.141 e. The van der Waals surface area contributed by atoms with E-state index < -0.39 is 6.10 Å². The molecule has 0 aromatic heterocycles. The normalized spacial score (nSPS) is 16.3. The van der Waals surface area contributed by atoms with Crippen molar-refractivity contribution in [2.75, 3.05) is 0 Å². The number of hydrogen-bond acceptors (Lipinski definition) is 2. The van der Waals surface area contributed by atoms with Gasteiger partial charge in [0.1, 0.15) is 17.7 Å². The van der Waals surface area contributed by atoms with Crippen molar-refractivity contribution in [3.05, 3.63) is 65.0 Å². The van der Waals surface area contributed by atoms with Gasteiger partial charge in [-0.05, 0) is 55.5 Å². The Labute approximate surface area is 124 Å². The minimum absolute atomic E-state index is 0.277. The molecule has 0 saturated heterocycles. The smallest absolute Gasteiger partial charge is 0.141 e. The maximum atomic E-state index is 14.0. The van der Waals surface area contributed by atoms with Gasteiger partial charge in [-0.2, -0.15) is 0 Å². The lowest BCUT2D eigenvalue weighted by atomic mass is 10.0. The first-order valence-corrected chi connectivity index (χ1v) is 7.43. The molecule has 0 aliphatic heterocycles. The fourth-order valence-corrected chi connectivity index (χ4v) is 2.93. The number of ether oxygens (including phenoxy) is 1. The van der Waals surface area contributed by atoms with Crippen LogP contribution in [-0.4, -0.2) is 6.04 Å². The second-order valence-electron chi connectivity index (χ2n) is 5.70. The number of benzene rings is 2. The summed E-state index contributed by atoms with van der Waals surface area (Å²) in [5.74, 6) is 0.488. The van der Waals surface area contributed by atoms with Gasteiger partial charge in [0.05, 0.1) is 0 Å². The number of halogens is 1. The molecule has 2 atom stereocenters. The lowest BCUT2D eigenvalue weighted by Crippen LogP contribution is -2.29. The average Bonchev–Trinajstić information content (AvgIpc) is 2.93. The molecule has 0 saturated carbocycles. The first-order valence-electron chi connectivity index (χ1n) is 7.43. The highest BCUT2D eigenvalue weighted by atomic mass is 19.1. The molecule has 0 spiro atoms.